The zero-order chi connectivity index (χ0) is 16.8. The fraction of sp³-hybridized carbons (Fsp3) is 0.111. The second-order valence-electron chi connectivity index (χ2n) is 4.91. The van der Waals surface area contributed by atoms with Gasteiger partial charge in [0.25, 0.3) is 0 Å². The van der Waals surface area contributed by atoms with Crippen molar-refractivity contribution in [2.24, 2.45) is 5.16 Å². The van der Waals surface area contributed by atoms with Crippen molar-refractivity contribution in [2.75, 3.05) is 7.11 Å². The van der Waals surface area contributed by atoms with E-state index in [1.807, 2.05) is 36.4 Å². The molecule has 0 saturated heterocycles. The lowest BCUT2D eigenvalue weighted by Gasteiger charge is -2.11. The van der Waals surface area contributed by atoms with Gasteiger partial charge < -0.3 is 14.1 Å². The zero-order valence-corrected chi connectivity index (χ0v) is 13.7. The molecule has 0 atom stereocenters. The fourth-order valence-electron chi connectivity index (χ4n) is 2.25. The Balaban J connectivity index is 1.88. The molecule has 0 aliphatic heterocycles. The van der Waals surface area contributed by atoms with Crippen LogP contribution in [0.25, 0.3) is 0 Å². The molecular weight excluding hydrogens is 328 g/mol. The van der Waals surface area contributed by atoms with E-state index in [0.717, 1.165) is 11.1 Å². The molecule has 5 nitrogen and oxygen atoms in total. The van der Waals surface area contributed by atoms with E-state index in [-0.39, 0.29) is 0 Å². The number of benzene rings is 2. The van der Waals surface area contributed by atoms with Crippen molar-refractivity contribution in [3.63, 3.8) is 0 Å². The monoisotopic (exact) mass is 342 g/mol. The third kappa shape index (κ3) is 3.75. The van der Waals surface area contributed by atoms with E-state index in [9.17, 15) is 0 Å². The highest BCUT2D eigenvalue weighted by Gasteiger charge is 2.15. The van der Waals surface area contributed by atoms with E-state index in [4.69, 9.17) is 25.7 Å². The number of nitrogens with zero attached hydrogens (tertiary/aromatic N) is 2. The molecule has 0 aliphatic carbocycles. The standard InChI is InChI=1S/C18H15ClN2O3/c1-22-21-18(17-9-10-24-20-17)16-8-3-2-5-13(16)12-23-15-7-4-6-14(19)11-15/h2-11H,12H2,1H3. The molecule has 3 rings (SSSR count). The Morgan fingerprint density at radius 2 is 2.04 bits per heavy atom. The summed E-state index contributed by atoms with van der Waals surface area (Å²) in [7, 11) is 1.49. The van der Waals surface area contributed by atoms with Gasteiger partial charge in [0.1, 0.15) is 37.1 Å². The minimum atomic E-state index is 0.358. The summed E-state index contributed by atoms with van der Waals surface area (Å²) in [5, 5.41) is 8.65. The summed E-state index contributed by atoms with van der Waals surface area (Å²) in [6.45, 7) is 0.358. The second-order valence-corrected chi connectivity index (χ2v) is 5.35. The summed E-state index contributed by atoms with van der Waals surface area (Å²) in [6.07, 6.45) is 1.49. The van der Waals surface area contributed by atoms with Crippen molar-refractivity contribution in [1.29, 1.82) is 0 Å². The minimum absolute atomic E-state index is 0.358. The molecule has 2 aromatic carbocycles. The molecule has 3 aromatic rings. The van der Waals surface area contributed by atoms with Gasteiger partial charge in [-0.1, -0.05) is 52.2 Å². The average Bonchev–Trinajstić information content (AvgIpc) is 3.13. The van der Waals surface area contributed by atoms with Gasteiger partial charge in [0.15, 0.2) is 0 Å². The first-order valence-electron chi connectivity index (χ1n) is 7.26. The van der Waals surface area contributed by atoms with Crippen LogP contribution in [0, 0.1) is 0 Å². The predicted octanol–water partition coefficient (Wildman–Crippen LogP) is 4.31. The van der Waals surface area contributed by atoms with Crippen LogP contribution >= 0.6 is 11.6 Å². The average molecular weight is 343 g/mol. The lowest BCUT2D eigenvalue weighted by atomic mass is 10.0. The van der Waals surface area contributed by atoms with E-state index < -0.39 is 0 Å². The van der Waals surface area contributed by atoms with Gasteiger partial charge in [-0.15, -0.1) is 0 Å². The van der Waals surface area contributed by atoms with E-state index in [0.29, 0.717) is 28.8 Å². The minimum Gasteiger partial charge on any atom is -0.489 e. The van der Waals surface area contributed by atoms with Gasteiger partial charge in [-0.3, -0.25) is 0 Å². The van der Waals surface area contributed by atoms with Crippen LogP contribution in [-0.4, -0.2) is 18.0 Å². The first-order valence-corrected chi connectivity index (χ1v) is 7.64. The third-order valence-electron chi connectivity index (χ3n) is 3.33. The lowest BCUT2D eigenvalue weighted by molar-refractivity contribution is 0.213. The summed E-state index contributed by atoms with van der Waals surface area (Å²) in [5.74, 6) is 0.698. The summed E-state index contributed by atoms with van der Waals surface area (Å²) in [5.41, 5.74) is 2.97. The number of hydrogen-bond acceptors (Lipinski definition) is 5. The van der Waals surface area contributed by atoms with Gasteiger partial charge in [0.2, 0.25) is 0 Å². The quantitative estimate of drug-likeness (QED) is 0.495. The molecule has 0 amide bonds. The maximum atomic E-state index is 5.98. The first kappa shape index (κ1) is 16.1. The van der Waals surface area contributed by atoms with Crippen molar-refractivity contribution in [2.45, 2.75) is 6.61 Å². The topological polar surface area (TPSA) is 56.9 Å². The maximum Gasteiger partial charge on any atom is 0.139 e. The Labute approximate surface area is 144 Å². The molecule has 0 bridgehead atoms. The normalized spacial score (nSPS) is 11.3. The summed E-state index contributed by atoms with van der Waals surface area (Å²) in [4.78, 5) is 4.96. The Morgan fingerprint density at radius 1 is 1.17 bits per heavy atom. The van der Waals surface area contributed by atoms with E-state index in [1.165, 1.54) is 13.4 Å². The molecule has 1 heterocycles. The SMILES string of the molecule is CON=C(c1ccon1)c1ccccc1COc1cccc(Cl)c1. The van der Waals surface area contributed by atoms with Crippen LogP contribution in [0.5, 0.6) is 5.75 Å². The molecule has 0 fully saturated rings. The number of oxime groups is 1. The van der Waals surface area contributed by atoms with Crippen molar-refractivity contribution < 1.29 is 14.1 Å². The zero-order valence-electron chi connectivity index (χ0n) is 13.0. The maximum absolute atomic E-state index is 5.98. The van der Waals surface area contributed by atoms with Gasteiger partial charge in [-0.2, -0.15) is 0 Å². The van der Waals surface area contributed by atoms with Crippen molar-refractivity contribution >= 4 is 17.3 Å². The van der Waals surface area contributed by atoms with Crippen molar-refractivity contribution in [3.05, 3.63) is 82.7 Å². The second kappa shape index (κ2) is 7.66. The Hall–Kier alpha value is -2.79. The van der Waals surface area contributed by atoms with E-state index in [1.54, 1.807) is 18.2 Å². The number of ether oxygens (including phenoxy) is 1. The Bertz CT molecular complexity index is 832. The summed E-state index contributed by atoms with van der Waals surface area (Å²) < 4.78 is 10.7. The molecule has 24 heavy (non-hydrogen) atoms. The van der Waals surface area contributed by atoms with Gasteiger partial charge in [-0.05, 0) is 23.8 Å². The smallest absolute Gasteiger partial charge is 0.139 e. The third-order valence-corrected chi connectivity index (χ3v) is 3.56. The van der Waals surface area contributed by atoms with Gasteiger partial charge in [0.05, 0.1) is 0 Å². The number of rotatable bonds is 6. The van der Waals surface area contributed by atoms with Gasteiger partial charge in [-0.25, -0.2) is 0 Å². The van der Waals surface area contributed by atoms with E-state index >= 15 is 0 Å². The molecule has 0 saturated carbocycles. The molecule has 122 valence electrons. The Kier molecular flexibility index (Phi) is 5.13. The van der Waals surface area contributed by atoms with Crippen LogP contribution in [0.3, 0.4) is 0 Å². The first-order chi connectivity index (χ1) is 11.8. The summed E-state index contributed by atoms with van der Waals surface area (Å²) in [6, 6.07) is 16.8. The van der Waals surface area contributed by atoms with Crippen LogP contribution < -0.4 is 4.74 Å². The Morgan fingerprint density at radius 3 is 2.79 bits per heavy atom. The lowest BCUT2D eigenvalue weighted by Crippen LogP contribution is -2.10. The molecule has 0 N–H and O–H groups in total. The van der Waals surface area contributed by atoms with Crippen LogP contribution in [0.4, 0.5) is 0 Å². The molecular formula is C18H15ClN2O3. The fourth-order valence-corrected chi connectivity index (χ4v) is 2.44. The highest BCUT2D eigenvalue weighted by Crippen LogP contribution is 2.21. The summed E-state index contributed by atoms with van der Waals surface area (Å²) >= 11 is 5.98. The van der Waals surface area contributed by atoms with E-state index in [2.05, 4.69) is 10.3 Å². The highest BCUT2D eigenvalue weighted by atomic mass is 35.5. The molecule has 0 unspecified atom stereocenters. The molecule has 0 aliphatic rings. The van der Waals surface area contributed by atoms with Crippen LogP contribution in [-0.2, 0) is 11.4 Å². The van der Waals surface area contributed by atoms with Gasteiger partial charge in [0, 0.05) is 16.7 Å². The highest BCUT2D eigenvalue weighted by molar-refractivity contribution is 6.30. The van der Waals surface area contributed by atoms with Crippen LogP contribution in [0.1, 0.15) is 16.8 Å². The largest absolute Gasteiger partial charge is 0.489 e. The number of halogens is 1. The van der Waals surface area contributed by atoms with Crippen molar-refractivity contribution in [1.82, 2.24) is 5.16 Å². The van der Waals surface area contributed by atoms with Crippen LogP contribution in [0.2, 0.25) is 5.02 Å². The van der Waals surface area contributed by atoms with Gasteiger partial charge >= 0.3 is 0 Å². The molecule has 0 spiro atoms. The van der Waals surface area contributed by atoms with Crippen molar-refractivity contribution in [3.8, 4) is 5.75 Å². The predicted molar refractivity (Wildman–Crippen MR) is 91.4 cm³/mol. The number of hydrogen-bond donors (Lipinski definition) is 0. The molecule has 1 aromatic heterocycles. The number of aromatic nitrogens is 1. The molecule has 6 heteroatoms. The molecule has 0 radical (unpaired) electrons. The van der Waals surface area contributed by atoms with Crippen LogP contribution in [0.15, 0.2) is 70.5 Å².